The number of hydrogen-bond acceptors (Lipinski definition) is 0. The largest absolute Gasteiger partial charge is 0.207 e. The first-order valence-corrected chi connectivity index (χ1v) is 7.30. The molecule has 0 N–H and O–H groups in total. The Balaban J connectivity index is 2.37. The van der Waals surface area contributed by atoms with Crippen molar-refractivity contribution in [3.05, 3.63) is 70.0 Å². The first-order chi connectivity index (χ1) is 9.30. The lowest BCUT2D eigenvalue weighted by Crippen LogP contribution is -2.11. The van der Waals surface area contributed by atoms with E-state index in [9.17, 15) is 4.39 Å². The summed E-state index contributed by atoms with van der Waals surface area (Å²) < 4.78 is 13.9. The summed E-state index contributed by atoms with van der Waals surface area (Å²) in [5.74, 6) is -0.377. The fourth-order valence-corrected chi connectivity index (χ4v) is 2.77. The molecule has 0 aromatic heterocycles. The minimum Gasteiger partial charge on any atom is -0.207 e. The fourth-order valence-electron chi connectivity index (χ4n) is 2.07. The molecule has 2 aromatic rings. The van der Waals surface area contributed by atoms with Gasteiger partial charge in [0.05, 0.1) is 5.38 Å². The normalized spacial score (nSPS) is 13.3. The summed E-state index contributed by atoms with van der Waals surface area (Å²) in [4.78, 5) is 0. The van der Waals surface area contributed by atoms with E-state index in [-0.39, 0.29) is 11.2 Å². The Morgan fingerprint density at radius 1 is 1.00 bits per heavy atom. The van der Waals surface area contributed by atoms with Gasteiger partial charge in [-0.2, -0.15) is 0 Å². The van der Waals surface area contributed by atoms with Crippen LogP contribution in [-0.2, 0) is 5.41 Å². The molecule has 20 heavy (non-hydrogen) atoms. The zero-order chi connectivity index (χ0) is 14.9. The molecule has 0 amide bonds. The Labute approximate surface area is 129 Å². The van der Waals surface area contributed by atoms with Crippen LogP contribution in [-0.4, -0.2) is 0 Å². The van der Waals surface area contributed by atoms with E-state index in [0.717, 1.165) is 5.56 Å². The van der Waals surface area contributed by atoms with Gasteiger partial charge in [-0.05, 0) is 28.7 Å². The molecule has 0 bridgehead atoms. The minimum atomic E-state index is -0.585. The van der Waals surface area contributed by atoms with Gasteiger partial charge < -0.3 is 0 Å². The second kappa shape index (κ2) is 5.75. The molecule has 1 atom stereocenters. The Bertz CT molecular complexity index is 577. The van der Waals surface area contributed by atoms with Gasteiger partial charge in [0, 0.05) is 10.6 Å². The summed E-state index contributed by atoms with van der Waals surface area (Å²) in [6.45, 7) is 6.44. The molecule has 0 nitrogen and oxygen atoms in total. The highest BCUT2D eigenvalue weighted by Gasteiger charge is 2.20. The first kappa shape index (κ1) is 15.3. The van der Waals surface area contributed by atoms with Gasteiger partial charge in [0.25, 0.3) is 0 Å². The Morgan fingerprint density at radius 3 is 2.10 bits per heavy atom. The van der Waals surface area contributed by atoms with E-state index in [1.165, 1.54) is 11.6 Å². The van der Waals surface area contributed by atoms with Crippen LogP contribution in [0.5, 0.6) is 0 Å². The zero-order valence-electron chi connectivity index (χ0n) is 11.8. The molecule has 0 fully saturated rings. The summed E-state index contributed by atoms with van der Waals surface area (Å²) in [7, 11) is 0. The number of benzene rings is 2. The van der Waals surface area contributed by atoms with Gasteiger partial charge >= 0.3 is 0 Å². The van der Waals surface area contributed by atoms with Crippen LogP contribution in [0.3, 0.4) is 0 Å². The van der Waals surface area contributed by atoms with E-state index < -0.39 is 5.38 Å². The second-order valence-corrected chi connectivity index (χ2v) is 6.71. The number of rotatable bonds is 2. The van der Waals surface area contributed by atoms with Gasteiger partial charge in [-0.3, -0.25) is 0 Å². The van der Waals surface area contributed by atoms with Crippen molar-refractivity contribution < 1.29 is 4.39 Å². The van der Waals surface area contributed by atoms with Crippen LogP contribution >= 0.6 is 23.2 Å². The van der Waals surface area contributed by atoms with Crippen LogP contribution in [0.4, 0.5) is 4.39 Å². The molecular formula is C17H17Cl2F. The van der Waals surface area contributed by atoms with Gasteiger partial charge in [-0.15, -0.1) is 11.6 Å². The van der Waals surface area contributed by atoms with Crippen molar-refractivity contribution in [3.8, 4) is 0 Å². The highest BCUT2D eigenvalue weighted by molar-refractivity contribution is 6.33. The zero-order valence-corrected chi connectivity index (χ0v) is 13.3. The van der Waals surface area contributed by atoms with Gasteiger partial charge in [-0.1, -0.05) is 62.7 Å². The highest BCUT2D eigenvalue weighted by atomic mass is 35.5. The predicted molar refractivity (Wildman–Crippen MR) is 84.2 cm³/mol. The minimum absolute atomic E-state index is 0.0793. The molecule has 0 radical (unpaired) electrons. The van der Waals surface area contributed by atoms with E-state index in [1.54, 1.807) is 12.1 Å². The van der Waals surface area contributed by atoms with Gasteiger partial charge in [0.1, 0.15) is 5.82 Å². The van der Waals surface area contributed by atoms with Crippen LogP contribution in [0.2, 0.25) is 5.02 Å². The molecule has 0 aliphatic heterocycles. The van der Waals surface area contributed by atoms with Crippen molar-refractivity contribution in [1.82, 2.24) is 0 Å². The molecule has 0 aliphatic rings. The molecule has 106 valence electrons. The number of hydrogen-bond donors (Lipinski definition) is 0. The van der Waals surface area contributed by atoms with Crippen molar-refractivity contribution in [1.29, 1.82) is 0 Å². The third-order valence-electron chi connectivity index (χ3n) is 3.32. The molecule has 1 unspecified atom stereocenters. The molecule has 0 heterocycles. The third kappa shape index (κ3) is 3.16. The van der Waals surface area contributed by atoms with Crippen LogP contribution in [0.25, 0.3) is 0 Å². The van der Waals surface area contributed by atoms with E-state index >= 15 is 0 Å². The average molecular weight is 311 g/mol. The van der Waals surface area contributed by atoms with Crippen molar-refractivity contribution in [2.24, 2.45) is 0 Å². The summed E-state index contributed by atoms with van der Waals surface area (Å²) in [6, 6.07) is 12.5. The van der Waals surface area contributed by atoms with E-state index in [0.29, 0.717) is 10.6 Å². The number of halogens is 3. The Morgan fingerprint density at radius 2 is 1.60 bits per heavy atom. The summed E-state index contributed by atoms with van der Waals surface area (Å²) in [5, 5.41) is -0.234. The van der Waals surface area contributed by atoms with Gasteiger partial charge in [0.2, 0.25) is 0 Å². The maximum atomic E-state index is 13.9. The van der Waals surface area contributed by atoms with Gasteiger partial charge in [-0.25, -0.2) is 4.39 Å². The topological polar surface area (TPSA) is 0 Å². The number of alkyl halides is 1. The van der Waals surface area contributed by atoms with Crippen LogP contribution in [0.15, 0.2) is 42.5 Å². The molecular weight excluding hydrogens is 294 g/mol. The molecule has 0 spiro atoms. The summed E-state index contributed by atoms with van der Waals surface area (Å²) in [6.07, 6.45) is 0. The Hall–Kier alpha value is -1.05. The van der Waals surface area contributed by atoms with E-state index in [1.807, 2.05) is 24.3 Å². The van der Waals surface area contributed by atoms with Crippen molar-refractivity contribution >= 4 is 23.2 Å². The molecule has 3 heteroatoms. The molecule has 2 rings (SSSR count). The smallest absolute Gasteiger partial charge is 0.129 e. The predicted octanol–water partition coefficient (Wildman–Crippen LogP) is 6.10. The summed E-state index contributed by atoms with van der Waals surface area (Å²) >= 11 is 12.4. The average Bonchev–Trinajstić information content (AvgIpc) is 2.37. The SMILES string of the molecule is CC(C)(C)c1ccc(C(Cl)c2c(F)cccc2Cl)cc1. The maximum absolute atomic E-state index is 13.9. The standard InChI is InChI=1S/C17H17Cl2F/c1-17(2,3)12-9-7-11(8-10-12)16(19)15-13(18)5-4-6-14(15)20/h4-10,16H,1-3H3. The third-order valence-corrected chi connectivity index (χ3v) is 4.12. The maximum Gasteiger partial charge on any atom is 0.129 e. The molecule has 0 saturated heterocycles. The lowest BCUT2D eigenvalue weighted by atomic mass is 9.86. The van der Waals surface area contributed by atoms with Crippen molar-refractivity contribution in [2.75, 3.05) is 0 Å². The summed E-state index contributed by atoms with van der Waals surface area (Å²) in [5.41, 5.74) is 2.46. The van der Waals surface area contributed by atoms with Crippen LogP contribution in [0, 0.1) is 5.82 Å². The Kier molecular flexibility index (Phi) is 4.41. The van der Waals surface area contributed by atoms with E-state index in [2.05, 4.69) is 20.8 Å². The monoisotopic (exact) mass is 310 g/mol. The van der Waals surface area contributed by atoms with Crippen LogP contribution in [0.1, 0.15) is 42.8 Å². The van der Waals surface area contributed by atoms with Crippen LogP contribution < -0.4 is 0 Å². The quantitative estimate of drug-likeness (QED) is 0.587. The second-order valence-electron chi connectivity index (χ2n) is 5.87. The van der Waals surface area contributed by atoms with E-state index in [4.69, 9.17) is 23.2 Å². The van der Waals surface area contributed by atoms with Crippen molar-refractivity contribution in [2.45, 2.75) is 31.6 Å². The highest BCUT2D eigenvalue weighted by Crippen LogP contribution is 2.36. The molecule has 0 aliphatic carbocycles. The lowest BCUT2D eigenvalue weighted by molar-refractivity contribution is 0.589. The lowest BCUT2D eigenvalue weighted by Gasteiger charge is -2.20. The molecule has 0 saturated carbocycles. The fraction of sp³-hybridized carbons (Fsp3) is 0.294. The van der Waals surface area contributed by atoms with Gasteiger partial charge in [0.15, 0.2) is 0 Å². The van der Waals surface area contributed by atoms with Crippen molar-refractivity contribution in [3.63, 3.8) is 0 Å². The molecule has 2 aromatic carbocycles. The first-order valence-electron chi connectivity index (χ1n) is 6.49.